The smallest absolute Gasteiger partial charge is 0.171 e. The van der Waals surface area contributed by atoms with Crippen molar-refractivity contribution in [2.45, 2.75) is 20.3 Å². The summed E-state index contributed by atoms with van der Waals surface area (Å²) in [5.41, 5.74) is 6.43. The van der Waals surface area contributed by atoms with E-state index in [-0.39, 0.29) is 0 Å². The van der Waals surface area contributed by atoms with Gasteiger partial charge in [0.25, 0.3) is 0 Å². The van der Waals surface area contributed by atoms with E-state index in [1.165, 1.54) is 0 Å². The Kier molecular flexibility index (Phi) is 5.11. The predicted octanol–water partition coefficient (Wildman–Crippen LogP) is 1.48. The van der Waals surface area contributed by atoms with Crippen molar-refractivity contribution in [1.29, 1.82) is 0 Å². The quantitative estimate of drug-likeness (QED) is 0.691. The van der Waals surface area contributed by atoms with E-state index in [1.807, 2.05) is 7.05 Å². The largest absolute Gasteiger partial charge is 0.394 e. The minimum atomic E-state index is 0.597. The Hall–Kier alpha value is -1.23. The van der Waals surface area contributed by atoms with E-state index in [1.54, 1.807) is 10.9 Å². The minimum absolute atomic E-state index is 0.597. The number of nitrogens with zero attached hydrogens (tertiary/aromatic N) is 2. The molecule has 0 saturated carbocycles. The van der Waals surface area contributed by atoms with Crippen molar-refractivity contribution in [2.75, 3.05) is 30.8 Å². The SMILES string of the molecule is CC(C)COCCCNc1nn(C)cc1N. The van der Waals surface area contributed by atoms with E-state index in [9.17, 15) is 0 Å². The van der Waals surface area contributed by atoms with Crippen LogP contribution in [0.15, 0.2) is 6.20 Å². The van der Waals surface area contributed by atoms with Gasteiger partial charge in [-0.15, -0.1) is 0 Å². The number of aromatic nitrogens is 2. The van der Waals surface area contributed by atoms with Crippen LogP contribution in [0.4, 0.5) is 11.5 Å². The van der Waals surface area contributed by atoms with Gasteiger partial charge in [0.1, 0.15) is 0 Å². The number of ether oxygens (including phenoxy) is 1. The van der Waals surface area contributed by atoms with Gasteiger partial charge in [0.15, 0.2) is 5.82 Å². The molecule has 0 bridgehead atoms. The lowest BCUT2D eigenvalue weighted by Crippen LogP contribution is -2.09. The first kappa shape index (κ1) is 12.8. The molecule has 0 aliphatic rings. The molecule has 0 unspecified atom stereocenters. The fraction of sp³-hybridized carbons (Fsp3) is 0.727. The van der Waals surface area contributed by atoms with Gasteiger partial charge >= 0.3 is 0 Å². The number of rotatable bonds is 7. The molecule has 3 N–H and O–H groups in total. The van der Waals surface area contributed by atoms with Crippen molar-refractivity contribution in [3.63, 3.8) is 0 Å². The molecule has 0 aliphatic carbocycles. The van der Waals surface area contributed by atoms with Crippen molar-refractivity contribution in [3.05, 3.63) is 6.20 Å². The summed E-state index contributed by atoms with van der Waals surface area (Å²) in [7, 11) is 1.85. The molecule has 5 nitrogen and oxygen atoms in total. The van der Waals surface area contributed by atoms with Gasteiger partial charge in [0, 0.05) is 33.0 Å². The first-order valence-electron chi connectivity index (χ1n) is 5.70. The topological polar surface area (TPSA) is 65.1 Å². The van der Waals surface area contributed by atoms with Gasteiger partial charge in [0.05, 0.1) is 5.69 Å². The maximum atomic E-state index is 5.74. The average molecular weight is 226 g/mol. The second-order valence-corrected chi connectivity index (χ2v) is 4.36. The molecule has 5 heteroatoms. The molecular formula is C11H22N4O. The standard InChI is InChI=1S/C11H22N4O/c1-9(2)8-16-6-4-5-13-11-10(12)7-15(3)14-11/h7,9H,4-6,8,12H2,1-3H3,(H,13,14). The molecule has 0 saturated heterocycles. The van der Waals surface area contributed by atoms with Gasteiger partial charge in [-0.3, -0.25) is 4.68 Å². The van der Waals surface area contributed by atoms with E-state index < -0.39 is 0 Å². The first-order chi connectivity index (χ1) is 7.59. The Morgan fingerprint density at radius 3 is 2.88 bits per heavy atom. The van der Waals surface area contributed by atoms with Crippen LogP contribution in [-0.2, 0) is 11.8 Å². The molecule has 0 radical (unpaired) electrons. The van der Waals surface area contributed by atoms with Gasteiger partial charge in [-0.05, 0) is 12.3 Å². The van der Waals surface area contributed by atoms with Crippen LogP contribution < -0.4 is 11.1 Å². The third kappa shape index (κ3) is 4.53. The first-order valence-corrected chi connectivity index (χ1v) is 5.70. The molecular weight excluding hydrogens is 204 g/mol. The fourth-order valence-electron chi connectivity index (χ4n) is 1.34. The molecule has 0 atom stereocenters. The third-order valence-corrected chi connectivity index (χ3v) is 2.07. The lowest BCUT2D eigenvalue weighted by Gasteiger charge is -2.07. The molecule has 1 rings (SSSR count). The number of nitrogen functional groups attached to an aromatic ring is 1. The zero-order valence-corrected chi connectivity index (χ0v) is 10.4. The van der Waals surface area contributed by atoms with Crippen LogP contribution in [0.1, 0.15) is 20.3 Å². The summed E-state index contributed by atoms with van der Waals surface area (Å²) in [6.45, 7) is 6.72. The molecule has 1 aromatic rings. The highest BCUT2D eigenvalue weighted by molar-refractivity contribution is 5.59. The molecule has 1 aromatic heterocycles. The number of anilines is 2. The lowest BCUT2D eigenvalue weighted by atomic mass is 10.2. The van der Waals surface area contributed by atoms with Crippen molar-refractivity contribution >= 4 is 11.5 Å². The third-order valence-electron chi connectivity index (χ3n) is 2.07. The molecule has 16 heavy (non-hydrogen) atoms. The zero-order chi connectivity index (χ0) is 12.0. The van der Waals surface area contributed by atoms with E-state index in [2.05, 4.69) is 24.3 Å². The van der Waals surface area contributed by atoms with Gasteiger partial charge < -0.3 is 15.8 Å². The van der Waals surface area contributed by atoms with Crippen LogP contribution in [0.5, 0.6) is 0 Å². The molecule has 0 spiro atoms. The molecule has 92 valence electrons. The van der Waals surface area contributed by atoms with Crippen molar-refractivity contribution < 1.29 is 4.74 Å². The summed E-state index contributed by atoms with van der Waals surface area (Å²) in [5, 5.41) is 7.38. The Bertz CT molecular complexity index is 309. The summed E-state index contributed by atoms with van der Waals surface area (Å²) < 4.78 is 7.17. The molecule has 0 fully saturated rings. The van der Waals surface area contributed by atoms with Gasteiger partial charge in [-0.2, -0.15) is 5.10 Å². The highest BCUT2D eigenvalue weighted by Crippen LogP contribution is 2.13. The summed E-state index contributed by atoms with van der Waals surface area (Å²) in [6.07, 6.45) is 2.75. The fourth-order valence-corrected chi connectivity index (χ4v) is 1.34. The Morgan fingerprint density at radius 2 is 2.31 bits per heavy atom. The Balaban J connectivity index is 2.09. The molecule has 0 aliphatic heterocycles. The van der Waals surface area contributed by atoms with E-state index in [4.69, 9.17) is 10.5 Å². The van der Waals surface area contributed by atoms with Gasteiger partial charge in [0.2, 0.25) is 0 Å². The Labute approximate surface area is 97.0 Å². The summed E-state index contributed by atoms with van der Waals surface area (Å²) >= 11 is 0. The summed E-state index contributed by atoms with van der Waals surface area (Å²) in [5.74, 6) is 1.35. The average Bonchev–Trinajstić information content (AvgIpc) is 2.50. The van der Waals surface area contributed by atoms with Crippen LogP contribution in [0.2, 0.25) is 0 Å². The van der Waals surface area contributed by atoms with Crippen molar-refractivity contribution in [1.82, 2.24) is 9.78 Å². The maximum absolute atomic E-state index is 5.74. The minimum Gasteiger partial charge on any atom is -0.394 e. The summed E-state index contributed by atoms with van der Waals surface area (Å²) in [4.78, 5) is 0. The van der Waals surface area contributed by atoms with Gasteiger partial charge in [-0.1, -0.05) is 13.8 Å². The molecule has 1 heterocycles. The van der Waals surface area contributed by atoms with Crippen molar-refractivity contribution in [2.24, 2.45) is 13.0 Å². The van der Waals surface area contributed by atoms with Gasteiger partial charge in [-0.25, -0.2) is 0 Å². The van der Waals surface area contributed by atoms with Crippen LogP contribution in [0.25, 0.3) is 0 Å². The van der Waals surface area contributed by atoms with Crippen LogP contribution in [0.3, 0.4) is 0 Å². The summed E-state index contributed by atoms with van der Waals surface area (Å²) in [6, 6.07) is 0. The predicted molar refractivity (Wildman–Crippen MR) is 66.4 cm³/mol. The Morgan fingerprint density at radius 1 is 1.56 bits per heavy atom. The highest BCUT2D eigenvalue weighted by atomic mass is 16.5. The van der Waals surface area contributed by atoms with Crippen molar-refractivity contribution in [3.8, 4) is 0 Å². The lowest BCUT2D eigenvalue weighted by molar-refractivity contribution is 0.110. The second kappa shape index (κ2) is 6.37. The number of aryl methyl sites for hydroxylation is 1. The number of hydrogen-bond acceptors (Lipinski definition) is 4. The maximum Gasteiger partial charge on any atom is 0.171 e. The highest BCUT2D eigenvalue weighted by Gasteiger charge is 2.02. The van der Waals surface area contributed by atoms with Crippen LogP contribution in [0, 0.1) is 5.92 Å². The van der Waals surface area contributed by atoms with E-state index in [0.717, 1.165) is 32.0 Å². The number of hydrogen-bond donors (Lipinski definition) is 2. The second-order valence-electron chi connectivity index (χ2n) is 4.36. The normalized spacial score (nSPS) is 11.0. The molecule has 0 amide bonds. The van der Waals surface area contributed by atoms with E-state index in [0.29, 0.717) is 11.6 Å². The van der Waals surface area contributed by atoms with Crippen LogP contribution in [-0.4, -0.2) is 29.5 Å². The molecule has 0 aromatic carbocycles. The number of nitrogens with two attached hydrogens (primary N) is 1. The monoisotopic (exact) mass is 226 g/mol. The van der Waals surface area contributed by atoms with E-state index >= 15 is 0 Å². The van der Waals surface area contributed by atoms with Crippen LogP contribution >= 0.6 is 0 Å². The number of nitrogens with one attached hydrogen (secondary N) is 1. The zero-order valence-electron chi connectivity index (χ0n) is 10.4.